The van der Waals surface area contributed by atoms with E-state index < -0.39 is 37.9 Å². The molecule has 2 aromatic carbocycles. The Kier molecular flexibility index (Phi) is 12.7. The number of hydrogen-bond acceptors (Lipinski definition) is 13. The van der Waals surface area contributed by atoms with Crippen molar-refractivity contribution in [1.29, 1.82) is 0 Å². The van der Waals surface area contributed by atoms with Gasteiger partial charge in [0.1, 0.15) is 22.8 Å². The number of ether oxygens (including phenoxy) is 3. The lowest BCUT2D eigenvalue weighted by atomic mass is 9.80. The molecule has 4 aliphatic rings. The van der Waals surface area contributed by atoms with Gasteiger partial charge in [0.15, 0.2) is 0 Å². The zero-order valence-corrected chi connectivity index (χ0v) is 34.0. The van der Waals surface area contributed by atoms with Crippen LogP contribution in [0.1, 0.15) is 104 Å². The van der Waals surface area contributed by atoms with E-state index in [0.717, 1.165) is 54.5 Å². The van der Waals surface area contributed by atoms with Crippen LogP contribution in [-0.2, 0) is 30.1 Å². The zero-order valence-electron chi connectivity index (χ0n) is 32.3. The number of benzene rings is 2. The van der Waals surface area contributed by atoms with Gasteiger partial charge in [-0.25, -0.2) is 4.39 Å². The molecule has 4 atom stereocenters. The smallest absolute Gasteiger partial charge is 0.312 e. The number of non-ortho nitro benzene ring substituents is 2. The maximum Gasteiger partial charge on any atom is 0.312 e. The van der Waals surface area contributed by atoms with E-state index >= 15 is 0 Å². The molecule has 13 nitrogen and oxygen atoms in total. The molecular weight excluding hydrogens is 752 g/mol. The molecule has 55 heavy (non-hydrogen) atoms. The molecular formula is C39H49FN4O9S2. The van der Waals surface area contributed by atoms with E-state index in [1.807, 2.05) is 20.8 Å². The highest BCUT2D eigenvalue weighted by atomic mass is 32.2. The molecule has 0 spiro atoms. The van der Waals surface area contributed by atoms with Gasteiger partial charge in [0.25, 0.3) is 11.4 Å². The van der Waals surface area contributed by atoms with Crippen LogP contribution in [0.4, 0.5) is 15.8 Å². The first-order chi connectivity index (χ1) is 25.7. The van der Waals surface area contributed by atoms with Crippen LogP contribution in [0.2, 0.25) is 0 Å². The van der Waals surface area contributed by atoms with E-state index in [1.165, 1.54) is 30.0 Å². The molecule has 0 aromatic heterocycles. The number of hydrogen-bond donors (Lipinski definition) is 0. The largest absolute Gasteiger partial charge is 0.496 e. The molecule has 0 radical (unpaired) electrons. The lowest BCUT2D eigenvalue weighted by molar-refractivity contribution is -0.385. The third-order valence-electron chi connectivity index (χ3n) is 10.0. The Morgan fingerprint density at radius 2 is 1.22 bits per heavy atom. The summed E-state index contributed by atoms with van der Waals surface area (Å²) in [5.41, 5.74) is -1.66. The average molecular weight is 801 g/mol. The van der Waals surface area contributed by atoms with Gasteiger partial charge in [-0.15, -0.1) is 23.5 Å². The minimum atomic E-state index is -0.835. The number of fused-ring (bicyclic) bond motifs is 2. The van der Waals surface area contributed by atoms with Crippen molar-refractivity contribution in [2.75, 3.05) is 18.6 Å². The summed E-state index contributed by atoms with van der Waals surface area (Å²) in [5, 5.41) is 23.8. The summed E-state index contributed by atoms with van der Waals surface area (Å²) < 4.78 is 31.0. The van der Waals surface area contributed by atoms with Crippen LogP contribution in [0.25, 0.3) is 0 Å². The van der Waals surface area contributed by atoms with E-state index in [-0.39, 0.29) is 53.6 Å². The summed E-state index contributed by atoms with van der Waals surface area (Å²) in [6.45, 7) is 10.9. The molecule has 0 saturated heterocycles. The Bertz CT molecular complexity index is 1890. The summed E-state index contributed by atoms with van der Waals surface area (Å²) in [5.74, 6) is 1.33. The minimum absolute atomic E-state index is 0.0259. The van der Waals surface area contributed by atoms with E-state index in [4.69, 9.17) is 24.2 Å². The quantitative estimate of drug-likeness (QED) is 0.134. The molecule has 298 valence electrons. The maximum absolute atomic E-state index is 14.7. The van der Waals surface area contributed by atoms with Crippen LogP contribution < -0.4 is 4.74 Å². The molecule has 0 unspecified atom stereocenters. The number of aliphatic imine (C=N–C) groups is 2. The van der Waals surface area contributed by atoms with E-state index in [9.17, 15) is 34.2 Å². The Labute approximate surface area is 328 Å². The van der Waals surface area contributed by atoms with Gasteiger partial charge in [-0.05, 0) is 91.2 Å². The molecule has 0 amide bonds. The molecule has 6 rings (SSSR count). The topological polar surface area (TPSA) is 173 Å². The lowest BCUT2D eigenvalue weighted by Gasteiger charge is -2.37. The van der Waals surface area contributed by atoms with E-state index in [0.29, 0.717) is 23.0 Å². The molecule has 16 heteroatoms. The van der Waals surface area contributed by atoms with Crippen molar-refractivity contribution in [3.05, 3.63) is 73.6 Å². The molecule has 0 bridgehead atoms. The van der Waals surface area contributed by atoms with Crippen molar-refractivity contribution in [3.63, 3.8) is 0 Å². The molecule has 0 N–H and O–H groups in total. The highest BCUT2D eigenvalue weighted by molar-refractivity contribution is 8.14. The molecule has 2 aliphatic carbocycles. The van der Waals surface area contributed by atoms with Crippen LogP contribution in [0, 0.1) is 37.9 Å². The first-order valence-electron chi connectivity index (χ1n) is 18.4. The fourth-order valence-electron chi connectivity index (χ4n) is 7.88. The normalized spacial score (nSPS) is 24.6. The number of carbonyl (C=O) groups excluding carboxylic acids is 2. The van der Waals surface area contributed by atoms with Gasteiger partial charge < -0.3 is 14.2 Å². The Morgan fingerprint density at radius 1 is 0.782 bits per heavy atom. The number of nitro groups is 2. The summed E-state index contributed by atoms with van der Waals surface area (Å²) in [7, 11) is 1.56. The molecule has 2 fully saturated rings. The zero-order chi connectivity index (χ0) is 40.3. The van der Waals surface area contributed by atoms with E-state index in [2.05, 4.69) is 0 Å². The first kappa shape index (κ1) is 42.1. The highest BCUT2D eigenvalue weighted by Crippen LogP contribution is 2.55. The number of halogens is 1. The number of thioether (sulfide) groups is 2. The summed E-state index contributed by atoms with van der Waals surface area (Å²) >= 11 is 3.08. The third kappa shape index (κ3) is 9.86. The Hall–Kier alpha value is -4.05. The Morgan fingerprint density at radius 3 is 1.65 bits per heavy atom. The van der Waals surface area contributed by atoms with Crippen molar-refractivity contribution in [2.24, 2.45) is 21.8 Å². The maximum atomic E-state index is 14.7. The van der Waals surface area contributed by atoms with Crippen molar-refractivity contribution < 1.29 is 38.0 Å². The monoisotopic (exact) mass is 800 g/mol. The van der Waals surface area contributed by atoms with Gasteiger partial charge in [0.2, 0.25) is 0 Å². The summed E-state index contributed by atoms with van der Waals surface area (Å²) in [6, 6.07) is 8.29. The van der Waals surface area contributed by atoms with Crippen molar-refractivity contribution in [2.45, 2.75) is 115 Å². The first-order valence-corrected chi connectivity index (χ1v) is 20.4. The predicted molar refractivity (Wildman–Crippen MR) is 211 cm³/mol. The van der Waals surface area contributed by atoms with Crippen LogP contribution in [-0.4, -0.2) is 61.7 Å². The van der Waals surface area contributed by atoms with Crippen molar-refractivity contribution in [3.8, 4) is 5.75 Å². The molecule has 2 aromatic rings. The number of carbonyl (C=O) groups is 2. The van der Waals surface area contributed by atoms with Gasteiger partial charge in [0.05, 0.1) is 51.0 Å². The van der Waals surface area contributed by atoms with Gasteiger partial charge in [0, 0.05) is 46.9 Å². The molecule has 2 aliphatic heterocycles. The average Bonchev–Trinajstić information content (AvgIpc) is 3.71. The summed E-state index contributed by atoms with van der Waals surface area (Å²) in [4.78, 5) is 55.9. The van der Waals surface area contributed by atoms with Gasteiger partial charge in [-0.3, -0.25) is 39.8 Å². The van der Waals surface area contributed by atoms with Crippen LogP contribution in [0.5, 0.6) is 5.75 Å². The SMILES string of the molecule is CC(C)(C)OC(=O)CC1=N[C@@]2(c3cc([N+](=O)[O-])ccc3F)CCC[C@H]2CS1.COc1ccc([N+](=O)[O-])cc1[C@]12CCC[C@H]1CSC(CC(=O)OC(C)(C)C)=N2. The van der Waals surface area contributed by atoms with Gasteiger partial charge >= 0.3 is 11.9 Å². The summed E-state index contributed by atoms with van der Waals surface area (Å²) in [6.07, 6.45) is 5.31. The standard InChI is InChI=1S/C20H26N2O5S.C19H23FN2O4S/c1-19(2,3)27-18(23)11-17-21-20(9-5-6-13(20)12-28-17)15-10-14(22(24)25)7-8-16(15)26-4;1-18(2,3)26-17(23)10-16-21-19(8-4-5-12(19)11-27-16)14-9-13(22(24)25)6-7-15(14)20/h7-8,10,13H,5-6,9,11-12H2,1-4H3;6-7,9,12H,4-5,8,10-11H2,1-3H3/t13-,20-;12-,19-/m00/s1. The van der Waals surface area contributed by atoms with Crippen LogP contribution >= 0.6 is 23.5 Å². The third-order valence-corrected chi connectivity index (χ3v) is 12.3. The van der Waals surface area contributed by atoms with E-state index in [1.54, 1.807) is 51.8 Å². The van der Waals surface area contributed by atoms with Gasteiger partial charge in [-0.2, -0.15) is 0 Å². The highest BCUT2D eigenvalue weighted by Gasteiger charge is 2.50. The number of esters is 2. The molecule has 2 saturated carbocycles. The number of nitrogens with zero attached hydrogens (tertiary/aromatic N) is 4. The lowest BCUT2D eigenvalue weighted by Crippen LogP contribution is -2.36. The second-order valence-corrected chi connectivity index (χ2v) is 18.4. The van der Waals surface area contributed by atoms with Crippen LogP contribution in [0.3, 0.4) is 0 Å². The fourth-order valence-corrected chi connectivity index (χ4v) is 10.4. The van der Waals surface area contributed by atoms with Crippen molar-refractivity contribution in [1.82, 2.24) is 0 Å². The number of rotatable bonds is 9. The second-order valence-electron chi connectivity index (χ2n) is 16.2. The predicted octanol–water partition coefficient (Wildman–Crippen LogP) is 9.08. The Balaban J connectivity index is 0.000000211. The number of nitro benzene ring substituents is 2. The van der Waals surface area contributed by atoms with Crippen LogP contribution in [0.15, 0.2) is 46.4 Å². The minimum Gasteiger partial charge on any atom is -0.496 e. The second kappa shape index (κ2) is 16.6. The van der Waals surface area contributed by atoms with Crippen molar-refractivity contribution >= 4 is 56.9 Å². The fraction of sp³-hybridized carbons (Fsp3) is 0.590. The number of methoxy groups -OCH3 is 1. The molecule has 2 heterocycles. The van der Waals surface area contributed by atoms with Gasteiger partial charge in [-0.1, -0.05) is 12.8 Å².